The number of amides is 1. The highest BCUT2D eigenvalue weighted by Gasteiger charge is 2.13. The number of hydrogen-bond donors (Lipinski definition) is 2. The summed E-state index contributed by atoms with van der Waals surface area (Å²) in [6.07, 6.45) is 0. The lowest BCUT2D eigenvalue weighted by atomic mass is 10.1. The molecule has 0 radical (unpaired) electrons. The number of anilines is 2. The van der Waals surface area contributed by atoms with Gasteiger partial charge in [-0.2, -0.15) is 0 Å². The molecule has 0 fully saturated rings. The molecule has 3 aromatic carbocycles. The van der Waals surface area contributed by atoms with Gasteiger partial charge in [-0.15, -0.1) is 0 Å². The number of hydrogen-bond acceptors (Lipinski definition) is 2. The summed E-state index contributed by atoms with van der Waals surface area (Å²) >= 11 is 0. The van der Waals surface area contributed by atoms with Crippen LogP contribution in [0.4, 0.5) is 11.4 Å². The minimum atomic E-state index is -0.316. The third kappa shape index (κ3) is 3.69. The molecule has 0 aliphatic rings. The molecule has 3 heteroatoms. The van der Waals surface area contributed by atoms with Crippen molar-refractivity contribution in [1.82, 2.24) is 0 Å². The van der Waals surface area contributed by atoms with Crippen LogP contribution in [0.15, 0.2) is 66.7 Å². The van der Waals surface area contributed by atoms with Crippen LogP contribution in [0.1, 0.15) is 12.5 Å². The van der Waals surface area contributed by atoms with Crippen LogP contribution in [0.3, 0.4) is 0 Å². The monoisotopic (exact) mass is 304 g/mol. The molecule has 0 saturated carbocycles. The van der Waals surface area contributed by atoms with E-state index in [2.05, 4.69) is 16.7 Å². The molecule has 0 unspecified atom stereocenters. The fourth-order valence-corrected chi connectivity index (χ4v) is 2.57. The van der Waals surface area contributed by atoms with E-state index in [1.54, 1.807) is 0 Å². The quantitative estimate of drug-likeness (QED) is 0.740. The lowest BCUT2D eigenvalue weighted by Crippen LogP contribution is -2.31. The van der Waals surface area contributed by atoms with E-state index < -0.39 is 0 Å². The predicted molar refractivity (Wildman–Crippen MR) is 96.8 cm³/mol. The molecule has 0 heterocycles. The first-order valence-electron chi connectivity index (χ1n) is 7.75. The molecule has 0 bridgehead atoms. The molecule has 0 spiro atoms. The Kier molecular flexibility index (Phi) is 4.29. The van der Waals surface area contributed by atoms with E-state index in [0.717, 1.165) is 27.7 Å². The van der Waals surface area contributed by atoms with Gasteiger partial charge in [-0.25, -0.2) is 0 Å². The molecule has 1 atom stereocenters. The molecule has 0 aliphatic carbocycles. The second-order valence-corrected chi connectivity index (χ2v) is 5.79. The van der Waals surface area contributed by atoms with Gasteiger partial charge in [0.1, 0.15) is 6.04 Å². The van der Waals surface area contributed by atoms with E-state index in [0.29, 0.717) is 0 Å². The Bertz CT molecular complexity index is 842. The largest absolute Gasteiger partial charge is 0.374 e. The molecule has 0 aromatic heterocycles. The summed E-state index contributed by atoms with van der Waals surface area (Å²) in [7, 11) is 0. The van der Waals surface area contributed by atoms with E-state index in [1.165, 1.54) is 0 Å². The van der Waals surface area contributed by atoms with Crippen LogP contribution in [-0.2, 0) is 4.79 Å². The van der Waals surface area contributed by atoms with Crippen molar-refractivity contribution >= 4 is 28.1 Å². The first-order valence-corrected chi connectivity index (χ1v) is 7.75. The maximum absolute atomic E-state index is 12.4. The molecule has 3 nitrogen and oxygen atoms in total. The number of rotatable bonds is 4. The number of nitrogens with one attached hydrogen (secondary N) is 2. The van der Waals surface area contributed by atoms with Crippen molar-refractivity contribution in [1.29, 1.82) is 0 Å². The highest BCUT2D eigenvalue weighted by atomic mass is 16.2. The van der Waals surface area contributed by atoms with E-state index >= 15 is 0 Å². The highest BCUT2D eigenvalue weighted by Crippen LogP contribution is 2.19. The Labute approximate surface area is 136 Å². The zero-order chi connectivity index (χ0) is 16.2. The Morgan fingerprint density at radius 1 is 0.870 bits per heavy atom. The topological polar surface area (TPSA) is 41.1 Å². The van der Waals surface area contributed by atoms with Gasteiger partial charge >= 0.3 is 0 Å². The van der Waals surface area contributed by atoms with Crippen LogP contribution in [0.2, 0.25) is 0 Å². The van der Waals surface area contributed by atoms with Crippen molar-refractivity contribution in [2.45, 2.75) is 19.9 Å². The van der Waals surface area contributed by atoms with Gasteiger partial charge in [-0.05, 0) is 54.4 Å². The van der Waals surface area contributed by atoms with Crippen LogP contribution in [0.25, 0.3) is 10.8 Å². The van der Waals surface area contributed by atoms with Gasteiger partial charge in [0, 0.05) is 11.4 Å². The van der Waals surface area contributed by atoms with Crippen LogP contribution in [0, 0.1) is 6.92 Å². The van der Waals surface area contributed by atoms with Crippen molar-refractivity contribution in [3.8, 4) is 0 Å². The SMILES string of the molecule is Cc1cccc(N[C@H](C)C(=O)Nc2ccc3ccccc3c2)c1. The van der Waals surface area contributed by atoms with Gasteiger partial charge < -0.3 is 10.6 Å². The zero-order valence-corrected chi connectivity index (χ0v) is 13.3. The standard InChI is InChI=1S/C20H20N2O/c1-14-6-5-9-18(12-14)21-15(2)20(23)22-19-11-10-16-7-3-4-8-17(16)13-19/h3-13,15,21H,1-2H3,(H,22,23)/t15-/m1/s1. The summed E-state index contributed by atoms with van der Waals surface area (Å²) in [5.41, 5.74) is 2.93. The van der Waals surface area contributed by atoms with E-state index in [-0.39, 0.29) is 11.9 Å². The molecule has 3 rings (SSSR count). The number of fused-ring (bicyclic) bond motifs is 1. The predicted octanol–water partition coefficient (Wildman–Crippen LogP) is 4.59. The van der Waals surface area contributed by atoms with E-state index in [4.69, 9.17) is 0 Å². The average molecular weight is 304 g/mol. The van der Waals surface area contributed by atoms with Crippen LogP contribution < -0.4 is 10.6 Å². The van der Waals surface area contributed by atoms with Crippen molar-refractivity contribution in [2.24, 2.45) is 0 Å². The molecule has 1 amide bonds. The van der Waals surface area contributed by atoms with Gasteiger partial charge in [0.25, 0.3) is 0 Å². The Hall–Kier alpha value is -2.81. The molecule has 2 N–H and O–H groups in total. The van der Waals surface area contributed by atoms with Crippen LogP contribution in [0.5, 0.6) is 0 Å². The summed E-state index contributed by atoms with van der Waals surface area (Å²) in [5, 5.41) is 8.47. The number of carbonyl (C=O) groups excluding carboxylic acids is 1. The number of carbonyl (C=O) groups is 1. The van der Waals surface area contributed by atoms with Crippen molar-refractivity contribution in [3.05, 3.63) is 72.3 Å². The van der Waals surface area contributed by atoms with Crippen molar-refractivity contribution in [2.75, 3.05) is 10.6 Å². The molecule has 0 aliphatic heterocycles. The summed E-state index contributed by atoms with van der Waals surface area (Å²) in [6, 6.07) is 21.7. The zero-order valence-electron chi connectivity index (χ0n) is 13.3. The molecule has 23 heavy (non-hydrogen) atoms. The molecular formula is C20H20N2O. The fraction of sp³-hybridized carbons (Fsp3) is 0.150. The average Bonchev–Trinajstić information content (AvgIpc) is 2.54. The minimum absolute atomic E-state index is 0.0539. The number of benzene rings is 3. The van der Waals surface area contributed by atoms with Crippen molar-refractivity contribution in [3.63, 3.8) is 0 Å². The van der Waals surface area contributed by atoms with Gasteiger partial charge in [-0.3, -0.25) is 4.79 Å². The van der Waals surface area contributed by atoms with Gasteiger partial charge in [0.15, 0.2) is 0 Å². The van der Waals surface area contributed by atoms with Crippen LogP contribution >= 0.6 is 0 Å². The molecule has 116 valence electrons. The highest BCUT2D eigenvalue weighted by molar-refractivity contribution is 5.98. The Morgan fingerprint density at radius 3 is 2.43 bits per heavy atom. The second-order valence-electron chi connectivity index (χ2n) is 5.79. The van der Waals surface area contributed by atoms with Gasteiger partial charge in [0.2, 0.25) is 5.91 Å². The van der Waals surface area contributed by atoms with Gasteiger partial charge in [0.05, 0.1) is 0 Å². The molecule has 3 aromatic rings. The minimum Gasteiger partial charge on any atom is -0.374 e. The third-order valence-corrected chi connectivity index (χ3v) is 3.81. The van der Waals surface area contributed by atoms with Gasteiger partial charge in [-0.1, -0.05) is 42.5 Å². The summed E-state index contributed by atoms with van der Waals surface area (Å²) < 4.78 is 0. The second kappa shape index (κ2) is 6.53. The van der Waals surface area contributed by atoms with E-state index in [1.807, 2.05) is 74.5 Å². The van der Waals surface area contributed by atoms with Crippen LogP contribution in [-0.4, -0.2) is 11.9 Å². The summed E-state index contributed by atoms with van der Waals surface area (Å²) in [5.74, 6) is -0.0539. The number of aryl methyl sites for hydroxylation is 1. The smallest absolute Gasteiger partial charge is 0.246 e. The summed E-state index contributed by atoms with van der Waals surface area (Å²) in [4.78, 5) is 12.4. The third-order valence-electron chi connectivity index (χ3n) is 3.81. The molecule has 0 saturated heterocycles. The van der Waals surface area contributed by atoms with E-state index in [9.17, 15) is 4.79 Å². The lowest BCUT2D eigenvalue weighted by molar-refractivity contribution is -0.116. The molecular weight excluding hydrogens is 284 g/mol. The Balaban J connectivity index is 1.69. The normalized spacial score (nSPS) is 11.9. The first-order chi connectivity index (χ1) is 11.1. The lowest BCUT2D eigenvalue weighted by Gasteiger charge is -2.16. The Morgan fingerprint density at radius 2 is 1.65 bits per heavy atom. The van der Waals surface area contributed by atoms with Crippen molar-refractivity contribution < 1.29 is 4.79 Å². The first kappa shape index (κ1) is 15.1. The maximum atomic E-state index is 12.4. The summed E-state index contributed by atoms with van der Waals surface area (Å²) in [6.45, 7) is 3.89. The fourth-order valence-electron chi connectivity index (χ4n) is 2.57. The maximum Gasteiger partial charge on any atom is 0.246 e.